The van der Waals surface area contributed by atoms with E-state index in [9.17, 15) is 4.79 Å². The van der Waals surface area contributed by atoms with Crippen molar-refractivity contribution in [3.63, 3.8) is 0 Å². The van der Waals surface area contributed by atoms with Crippen LogP contribution in [0.1, 0.15) is 39.2 Å². The molecular formula is C36H41N7O. The number of nitrogen functional groups attached to an aromatic ring is 1. The Morgan fingerprint density at radius 2 is 1.70 bits per heavy atom. The van der Waals surface area contributed by atoms with E-state index in [1.165, 1.54) is 11.6 Å². The van der Waals surface area contributed by atoms with Gasteiger partial charge in [-0.05, 0) is 67.8 Å². The van der Waals surface area contributed by atoms with Gasteiger partial charge in [0.25, 0.3) is 0 Å². The number of aromatic nitrogens is 4. The van der Waals surface area contributed by atoms with Crippen LogP contribution in [0, 0.1) is 0 Å². The topological polar surface area (TPSA) is 93.2 Å². The largest absolute Gasteiger partial charge is 0.383 e. The first kappa shape index (κ1) is 30.6. The second-order valence-electron chi connectivity index (χ2n) is 10.6. The number of hydrogen-bond donors (Lipinski definition) is 1. The van der Waals surface area contributed by atoms with E-state index in [0.29, 0.717) is 18.2 Å². The first-order chi connectivity index (χ1) is 21.6. The Kier molecular flexibility index (Phi) is 9.82. The summed E-state index contributed by atoms with van der Waals surface area (Å²) < 4.78 is 2.07. The molecular weight excluding hydrogens is 546 g/mol. The lowest BCUT2D eigenvalue weighted by molar-refractivity contribution is -0.129. The normalized spacial score (nSPS) is 13.7. The van der Waals surface area contributed by atoms with E-state index in [1.807, 2.05) is 68.1 Å². The fraction of sp³-hybridized carbons (Fsp3) is 0.278. The van der Waals surface area contributed by atoms with Crippen molar-refractivity contribution in [2.75, 3.05) is 25.4 Å². The van der Waals surface area contributed by atoms with Crippen LogP contribution in [0.25, 0.3) is 39.5 Å². The summed E-state index contributed by atoms with van der Waals surface area (Å²) in [6.07, 6.45) is 5.05. The Balaban J connectivity index is 0.00000188. The van der Waals surface area contributed by atoms with Gasteiger partial charge in [-0.15, -0.1) is 0 Å². The number of carbonyl (C=O) groups is 1. The second kappa shape index (κ2) is 14.1. The SMILES string of the molecule is C=CC(=O)N(CC)C1CCN(Cc2ccc(-n3c(-c4cccnc4N)nc4ccc(-c5ccccc5)nc43)cc2)CC1.CC. The average Bonchev–Trinajstić information content (AvgIpc) is 3.46. The van der Waals surface area contributed by atoms with Gasteiger partial charge in [0.2, 0.25) is 5.91 Å². The molecule has 226 valence electrons. The third-order valence-electron chi connectivity index (χ3n) is 8.05. The molecule has 8 nitrogen and oxygen atoms in total. The number of imidazole rings is 1. The number of pyridine rings is 2. The molecule has 44 heavy (non-hydrogen) atoms. The molecule has 8 heteroatoms. The summed E-state index contributed by atoms with van der Waals surface area (Å²) in [6, 6.07) is 26.8. The van der Waals surface area contributed by atoms with Gasteiger partial charge >= 0.3 is 0 Å². The minimum atomic E-state index is 0.0244. The third-order valence-corrected chi connectivity index (χ3v) is 8.05. The van der Waals surface area contributed by atoms with Crippen molar-refractivity contribution in [3.8, 4) is 28.3 Å². The number of piperidine rings is 1. The van der Waals surface area contributed by atoms with Crippen molar-refractivity contribution in [3.05, 3.63) is 103 Å². The molecule has 1 amide bonds. The number of amides is 1. The van der Waals surface area contributed by atoms with Crippen molar-refractivity contribution in [2.24, 2.45) is 0 Å². The zero-order valence-corrected chi connectivity index (χ0v) is 25.9. The lowest BCUT2D eigenvalue weighted by Gasteiger charge is -2.37. The molecule has 0 saturated carbocycles. The highest BCUT2D eigenvalue weighted by Crippen LogP contribution is 2.32. The molecule has 0 atom stereocenters. The van der Waals surface area contributed by atoms with E-state index >= 15 is 0 Å². The molecule has 6 rings (SSSR count). The molecule has 1 saturated heterocycles. The molecule has 0 aliphatic carbocycles. The number of benzene rings is 2. The molecule has 5 aromatic rings. The first-order valence-corrected chi connectivity index (χ1v) is 15.5. The number of likely N-dealkylation sites (tertiary alicyclic amines) is 1. The molecule has 1 fully saturated rings. The molecule has 3 aromatic heterocycles. The smallest absolute Gasteiger partial charge is 0.246 e. The van der Waals surface area contributed by atoms with Crippen molar-refractivity contribution >= 4 is 22.9 Å². The maximum atomic E-state index is 12.2. The van der Waals surface area contributed by atoms with Gasteiger partial charge in [-0.1, -0.05) is 62.9 Å². The fourth-order valence-corrected chi connectivity index (χ4v) is 5.87. The Bertz CT molecular complexity index is 1700. The number of hydrogen-bond acceptors (Lipinski definition) is 6. The van der Waals surface area contributed by atoms with Gasteiger partial charge in [0, 0.05) is 49.7 Å². The van der Waals surface area contributed by atoms with Gasteiger partial charge in [0.05, 0.1) is 11.3 Å². The number of rotatable bonds is 8. The Morgan fingerprint density at radius 1 is 0.977 bits per heavy atom. The van der Waals surface area contributed by atoms with E-state index < -0.39 is 0 Å². The van der Waals surface area contributed by atoms with Gasteiger partial charge in [-0.2, -0.15) is 0 Å². The summed E-state index contributed by atoms with van der Waals surface area (Å²) in [4.78, 5) is 30.9. The third kappa shape index (κ3) is 6.40. The van der Waals surface area contributed by atoms with Crippen LogP contribution in [-0.4, -0.2) is 60.9 Å². The molecule has 0 radical (unpaired) electrons. The summed E-state index contributed by atoms with van der Waals surface area (Å²) in [7, 11) is 0. The predicted octanol–water partition coefficient (Wildman–Crippen LogP) is 6.76. The number of anilines is 1. The van der Waals surface area contributed by atoms with E-state index in [2.05, 4.69) is 57.4 Å². The van der Waals surface area contributed by atoms with E-state index in [-0.39, 0.29) is 11.9 Å². The lowest BCUT2D eigenvalue weighted by atomic mass is 10.0. The standard InChI is InChI=1S/C34H35N7O.C2H6/c1-3-31(42)40(4-2)26-18-21-39(22-19-26)23-24-12-14-27(15-13-24)41-33(28-11-8-20-36-32(28)35)38-30-17-16-29(37-34(30)41)25-9-6-5-7-10-25;1-2/h3,5-17,20,26H,1,4,18-19,21-23H2,2H3,(H2,35,36);1-2H3. The Hall–Kier alpha value is -4.82. The van der Waals surface area contributed by atoms with Crippen LogP contribution in [0.2, 0.25) is 0 Å². The highest BCUT2D eigenvalue weighted by Gasteiger charge is 2.26. The molecule has 2 aromatic carbocycles. The molecule has 1 aliphatic rings. The van der Waals surface area contributed by atoms with E-state index in [0.717, 1.165) is 66.1 Å². The summed E-state index contributed by atoms with van der Waals surface area (Å²) in [6.45, 7) is 13.2. The summed E-state index contributed by atoms with van der Waals surface area (Å²) in [5.74, 6) is 1.16. The van der Waals surface area contributed by atoms with Crippen molar-refractivity contribution in [1.82, 2.24) is 29.3 Å². The minimum Gasteiger partial charge on any atom is -0.383 e. The number of carbonyl (C=O) groups excluding carboxylic acids is 1. The van der Waals surface area contributed by atoms with Crippen LogP contribution in [0.15, 0.2) is 97.7 Å². The lowest BCUT2D eigenvalue weighted by Crippen LogP contribution is -2.46. The van der Waals surface area contributed by atoms with Crippen LogP contribution in [0.4, 0.5) is 5.82 Å². The number of likely N-dealkylation sites (N-methyl/N-ethyl adjacent to an activating group) is 1. The summed E-state index contributed by atoms with van der Waals surface area (Å²) in [5, 5.41) is 0. The van der Waals surface area contributed by atoms with Crippen molar-refractivity contribution < 1.29 is 4.79 Å². The molecule has 4 heterocycles. The Labute approximate surface area is 259 Å². The monoisotopic (exact) mass is 587 g/mol. The van der Waals surface area contributed by atoms with Crippen LogP contribution in [0.5, 0.6) is 0 Å². The number of nitrogens with two attached hydrogens (primary N) is 1. The van der Waals surface area contributed by atoms with Crippen LogP contribution in [0.3, 0.4) is 0 Å². The zero-order valence-electron chi connectivity index (χ0n) is 25.9. The molecule has 0 bridgehead atoms. The van der Waals surface area contributed by atoms with Crippen LogP contribution in [-0.2, 0) is 11.3 Å². The van der Waals surface area contributed by atoms with Gasteiger partial charge in [0.1, 0.15) is 11.3 Å². The minimum absolute atomic E-state index is 0.0244. The molecule has 1 aliphatic heterocycles. The van der Waals surface area contributed by atoms with Gasteiger partial charge < -0.3 is 10.6 Å². The quantitative estimate of drug-likeness (QED) is 0.202. The zero-order chi connectivity index (χ0) is 31.1. The highest BCUT2D eigenvalue weighted by molar-refractivity contribution is 5.87. The Morgan fingerprint density at radius 3 is 2.36 bits per heavy atom. The number of fused-ring (bicyclic) bond motifs is 1. The fourth-order valence-electron chi connectivity index (χ4n) is 5.87. The van der Waals surface area contributed by atoms with Gasteiger partial charge in [0.15, 0.2) is 11.5 Å². The predicted molar refractivity (Wildman–Crippen MR) is 179 cm³/mol. The second-order valence-corrected chi connectivity index (χ2v) is 10.6. The van der Waals surface area contributed by atoms with Crippen molar-refractivity contribution in [1.29, 1.82) is 0 Å². The van der Waals surface area contributed by atoms with Crippen molar-refractivity contribution in [2.45, 2.75) is 46.2 Å². The van der Waals surface area contributed by atoms with E-state index in [1.54, 1.807) is 6.20 Å². The highest BCUT2D eigenvalue weighted by atomic mass is 16.2. The van der Waals surface area contributed by atoms with Gasteiger partial charge in [-0.3, -0.25) is 14.3 Å². The molecule has 2 N–H and O–H groups in total. The van der Waals surface area contributed by atoms with Crippen LogP contribution >= 0.6 is 0 Å². The van der Waals surface area contributed by atoms with E-state index in [4.69, 9.17) is 15.7 Å². The molecule has 0 spiro atoms. The first-order valence-electron chi connectivity index (χ1n) is 15.5. The van der Waals surface area contributed by atoms with Crippen LogP contribution < -0.4 is 5.73 Å². The summed E-state index contributed by atoms with van der Waals surface area (Å²) >= 11 is 0. The average molecular weight is 588 g/mol. The number of nitrogens with zero attached hydrogens (tertiary/aromatic N) is 6. The molecule has 0 unspecified atom stereocenters. The summed E-state index contributed by atoms with van der Waals surface area (Å²) in [5.41, 5.74) is 12.7. The maximum Gasteiger partial charge on any atom is 0.246 e. The maximum absolute atomic E-state index is 12.2. The van der Waals surface area contributed by atoms with Gasteiger partial charge in [-0.25, -0.2) is 15.0 Å².